The van der Waals surface area contributed by atoms with Crippen LogP contribution in [0.4, 0.5) is 0 Å². The van der Waals surface area contributed by atoms with Gasteiger partial charge in [0, 0.05) is 56.3 Å². The molecule has 0 aliphatic carbocycles. The van der Waals surface area contributed by atoms with E-state index < -0.39 is 0 Å². The number of rotatable bonds is 5. The Morgan fingerprint density at radius 1 is 1.22 bits per heavy atom. The topological polar surface area (TPSA) is 24.9 Å². The van der Waals surface area contributed by atoms with Gasteiger partial charge in [0.05, 0.1) is 6.61 Å². The first kappa shape index (κ1) is 16.6. The highest BCUT2D eigenvalue weighted by atomic mass is 16.5. The lowest BCUT2D eigenvalue weighted by atomic mass is 10.1. The first-order chi connectivity index (χ1) is 11.1. The van der Waals surface area contributed by atoms with Crippen LogP contribution in [-0.2, 0) is 13.0 Å². The van der Waals surface area contributed by atoms with Gasteiger partial charge < -0.3 is 9.47 Å². The lowest BCUT2D eigenvalue weighted by Gasteiger charge is -2.37. The minimum absolute atomic E-state index is 0.282. The van der Waals surface area contributed by atoms with Crippen molar-refractivity contribution < 1.29 is 9.47 Å². The molecule has 0 spiro atoms. The van der Waals surface area contributed by atoms with Gasteiger partial charge >= 0.3 is 0 Å². The second kappa shape index (κ2) is 7.10. The van der Waals surface area contributed by atoms with E-state index in [1.807, 2.05) is 0 Å². The van der Waals surface area contributed by atoms with Gasteiger partial charge in [-0.25, -0.2) is 0 Å². The van der Waals surface area contributed by atoms with Crippen molar-refractivity contribution in [2.24, 2.45) is 0 Å². The Morgan fingerprint density at radius 2 is 1.96 bits per heavy atom. The second-order valence-electron chi connectivity index (χ2n) is 7.04. The van der Waals surface area contributed by atoms with E-state index in [9.17, 15) is 0 Å². The molecule has 1 saturated heterocycles. The highest BCUT2D eigenvalue weighted by Crippen LogP contribution is 2.35. The SMILES string of the molecule is CCOc1cc2c(cc1CN1CCN(C(C)C)CC1)OC(C)C2. The molecule has 1 unspecified atom stereocenters. The molecule has 0 amide bonds. The fourth-order valence-electron chi connectivity index (χ4n) is 3.57. The summed E-state index contributed by atoms with van der Waals surface area (Å²) in [4.78, 5) is 5.08. The number of benzene rings is 1. The average Bonchev–Trinajstić information content (AvgIpc) is 2.87. The highest BCUT2D eigenvalue weighted by molar-refractivity contribution is 5.48. The van der Waals surface area contributed by atoms with E-state index in [1.165, 1.54) is 11.1 Å². The molecule has 2 heterocycles. The number of piperazine rings is 1. The molecule has 0 aromatic heterocycles. The van der Waals surface area contributed by atoms with Gasteiger partial charge in [-0.05, 0) is 39.8 Å². The molecule has 2 aliphatic rings. The molecule has 128 valence electrons. The largest absolute Gasteiger partial charge is 0.494 e. The van der Waals surface area contributed by atoms with E-state index in [0.29, 0.717) is 12.6 Å². The lowest BCUT2D eigenvalue weighted by molar-refractivity contribution is 0.103. The van der Waals surface area contributed by atoms with E-state index in [-0.39, 0.29) is 6.10 Å². The number of ether oxygens (including phenoxy) is 2. The quantitative estimate of drug-likeness (QED) is 0.833. The summed E-state index contributed by atoms with van der Waals surface area (Å²) in [6.07, 6.45) is 1.27. The van der Waals surface area contributed by atoms with Gasteiger partial charge in [0.2, 0.25) is 0 Å². The minimum atomic E-state index is 0.282. The maximum absolute atomic E-state index is 5.94. The first-order valence-corrected chi connectivity index (χ1v) is 8.98. The van der Waals surface area contributed by atoms with Crippen LogP contribution in [-0.4, -0.2) is 54.7 Å². The summed E-state index contributed by atoms with van der Waals surface area (Å²) >= 11 is 0. The third-order valence-electron chi connectivity index (χ3n) is 4.91. The van der Waals surface area contributed by atoms with Gasteiger partial charge in [0.1, 0.15) is 17.6 Å². The lowest BCUT2D eigenvalue weighted by Crippen LogP contribution is -2.48. The summed E-state index contributed by atoms with van der Waals surface area (Å²) in [7, 11) is 0. The van der Waals surface area contributed by atoms with E-state index in [1.54, 1.807) is 0 Å². The smallest absolute Gasteiger partial charge is 0.124 e. The van der Waals surface area contributed by atoms with Crippen molar-refractivity contribution in [2.45, 2.75) is 52.8 Å². The van der Waals surface area contributed by atoms with Crippen molar-refractivity contribution in [1.29, 1.82) is 0 Å². The van der Waals surface area contributed by atoms with Gasteiger partial charge in [0.25, 0.3) is 0 Å². The molecule has 3 rings (SSSR count). The number of fused-ring (bicyclic) bond motifs is 1. The van der Waals surface area contributed by atoms with Crippen molar-refractivity contribution in [2.75, 3.05) is 32.8 Å². The maximum atomic E-state index is 5.94. The van der Waals surface area contributed by atoms with Crippen molar-refractivity contribution in [3.8, 4) is 11.5 Å². The van der Waals surface area contributed by atoms with Gasteiger partial charge in [0.15, 0.2) is 0 Å². The molecule has 1 aromatic carbocycles. The second-order valence-corrected chi connectivity index (χ2v) is 7.04. The van der Waals surface area contributed by atoms with E-state index in [2.05, 4.69) is 49.6 Å². The minimum Gasteiger partial charge on any atom is -0.494 e. The Balaban J connectivity index is 1.71. The van der Waals surface area contributed by atoms with Gasteiger partial charge in [-0.3, -0.25) is 9.80 Å². The van der Waals surface area contributed by atoms with Crippen LogP contribution in [0.1, 0.15) is 38.8 Å². The van der Waals surface area contributed by atoms with Crippen LogP contribution in [0.3, 0.4) is 0 Å². The van der Waals surface area contributed by atoms with Gasteiger partial charge in [-0.15, -0.1) is 0 Å². The summed E-state index contributed by atoms with van der Waals surface area (Å²) in [5.41, 5.74) is 2.55. The molecule has 23 heavy (non-hydrogen) atoms. The zero-order chi connectivity index (χ0) is 16.4. The van der Waals surface area contributed by atoms with Crippen LogP contribution in [0.5, 0.6) is 11.5 Å². The van der Waals surface area contributed by atoms with Crippen LogP contribution in [0, 0.1) is 0 Å². The standard InChI is InChI=1S/C19H30N2O2/c1-5-22-18-11-16-10-15(4)23-19(16)12-17(18)13-20-6-8-21(9-7-20)14(2)3/h11-12,14-15H,5-10,13H2,1-4H3. The Hall–Kier alpha value is -1.26. The zero-order valence-electron chi connectivity index (χ0n) is 15.0. The Bertz CT molecular complexity index is 536. The van der Waals surface area contributed by atoms with Crippen molar-refractivity contribution >= 4 is 0 Å². The molecule has 4 heteroatoms. The third-order valence-corrected chi connectivity index (χ3v) is 4.91. The Labute approximate surface area is 140 Å². The van der Waals surface area contributed by atoms with Crippen LogP contribution in [0.25, 0.3) is 0 Å². The molecular weight excluding hydrogens is 288 g/mol. The highest BCUT2D eigenvalue weighted by Gasteiger charge is 2.24. The van der Waals surface area contributed by atoms with Crippen LogP contribution < -0.4 is 9.47 Å². The molecule has 0 N–H and O–H groups in total. The van der Waals surface area contributed by atoms with Crippen molar-refractivity contribution in [1.82, 2.24) is 9.80 Å². The monoisotopic (exact) mass is 318 g/mol. The van der Waals surface area contributed by atoms with Crippen LogP contribution in [0.15, 0.2) is 12.1 Å². The van der Waals surface area contributed by atoms with Gasteiger partial charge in [-0.1, -0.05) is 0 Å². The van der Waals surface area contributed by atoms with Gasteiger partial charge in [-0.2, -0.15) is 0 Å². The molecule has 1 fully saturated rings. The van der Waals surface area contributed by atoms with Crippen LogP contribution in [0.2, 0.25) is 0 Å². The van der Waals surface area contributed by atoms with E-state index in [0.717, 1.165) is 50.6 Å². The summed E-state index contributed by atoms with van der Waals surface area (Å²) in [5.74, 6) is 2.09. The summed E-state index contributed by atoms with van der Waals surface area (Å²) in [5, 5.41) is 0. The Kier molecular flexibility index (Phi) is 5.12. The first-order valence-electron chi connectivity index (χ1n) is 8.98. The maximum Gasteiger partial charge on any atom is 0.124 e. The molecule has 1 atom stereocenters. The van der Waals surface area contributed by atoms with E-state index in [4.69, 9.17) is 9.47 Å². The molecule has 4 nitrogen and oxygen atoms in total. The fourth-order valence-corrected chi connectivity index (χ4v) is 3.57. The fraction of sp³-hybridized carbons (Fsp3) is 0.684. The molecular formula is C19H30N2O2. The normalized spacial score (nSPS) is 22.2. The number of hydrogen-bond acceptors (Lipinski definition) is 4. The molecule has 2 aliphatic heterocycles. The zero-order valence-corrected chi connectivity index (χ0v) is 15.0. The molecule has 0 bridgehead atoms. The molecule has 0 radical (unpaired) electrons. The average molecular weight is 318 g/mol. The third kappa shape index (κ3) is 3.81. The van der Waals surface area contributed by atoms with Crippen LogP contribution >= 0.6 is 0 Å². The van der Waals surface area contributed by atoms with Crippen molar-refractivity contribution in [3.63, 3.8) is 0 Å². The van der Waals surface area contributed by atoms with E-state index >= 15 is 0 Å². The van der Waals surface area contributed by atoms with Crippen molar-refractivity contribution in [3.05, 3.63) is 23.3 Å². The molecule has 1 aromatic rings. The summed E-state index contributed by atoms with van der Waals surface area (Å²) in [6, 6.07) is 5.05. The Morgan fingerprint density at radius 3 is 2.61 bits per heavy atom. The number of hydrogen-bond donors (Lipinski definition) is 0. The summed E-state index contributed by atoms with van der Waals surface area (Å²) in [6.45, 7) is 15.0. The number of nitrogens with zero attached hydrogens (tertiary/aromatic N) is 2. The molecule has 0 saturated carbocycles. The predicted octanol–water partition coefficient (Wildman–Crippen LogP) is 2.93. The predicted molar refractivity (Wildman–Crippen MR) is 93.4 cm³/mol. The summed E-state index contributed by atoms with van der Waals surface area (Å²) < 4.78 is 11.8.